The summed E-state index contributed by atoms with van der Waals surface area (Å²) in [4.78, 5) is 38.3. The maximum Gasteiger partial charge on any atom is 1.00 e. The Balaban J connectivity index is 0.000000165. The molecule has 0 saturated carbocycles. The summed E-state index contributed by atoms with van der Waals surface area (Å²) in [6, 6.07) is 30.1. The van der Waals surface area contributed by atoms with Gasteiger partial charge in [-0.2, -0.15) is 0 Å². The van der Waals surface area contributed by atoms with Gasteiger partial charge in [0.15, 0.2) is 17.5 Å². The molecule has 0 bridgehead atoms. The van der Waals surface area contributed by atoms with Crippen LogP contribution in [0.2, 0.25) is 0 Å². The number of anilines is 3. The second-order valence-electron chi connectivity index (χ2n) is 12.1. The van der Waals surface area contributed by atoms with E-state index in [0.29, 0.717) is 51.1 Å². The molecule has 16 heteroatoms. The molecule has 0 spiro atoms. The Bertz CT molecular complexity index is 2550. The maximum atomic E-state index is 13.2. The summed E-state index contributed by atoms with van der Waals surface area (Å²) in [5.41, 5.74) is 8.53. The normalized spacial score (nSPS) is 10.4. The third kappa shape index (κ3) is 9.46. The number of fused-ring (bicyclic) bond motifs is 3. The monoisotopic (exact) mass is 786 g/mol. The van der Waals surface area contributed by atoms with Gasteiger partial charge < -0.3 is 17.4 Å². The van der Waals surface area contributed by atoms with Gasteiger partial charge >= 0.3 is 29.6 Å². The molecule has 9 rings (SSSR count). The van der Waals surface area contributed by atoms with Gasteiger partial charge in [-0.15, -0.1) is 0 Å². The van der Waals surface area contributed by atoms with Gasteiger partial charge in [-0.3, -0.25) is 0 Å². The molecule has 3 aromatic carbocycles. The molecular weight excluding hydrogens is 753 g/mol. The number of aromatic nitrogens is 9. The molecule has 0 aliphatic heterocycles. The molecule has 3 N–H and O–H groups in total. The van der Waals surface area contributed by atoms with Crippen molar-refractivity contribution in [2.75, 3.05) is 37.1 Å². The van der Waals surface area contributed by atoms with E-state index in [4.69, 9.17) is 0 Å². The van der Waals surface area contributed by atoms with Gasteiger partial charge in [-0.1, -0.05) is 36.4 Å². The second-order valence-corrected chi connectivity index (χ2v) is 12.1. The van der Waals surface area contributed by atoms with Crippen LogP contribution in [0.15, 0.2) is 128 Å². The summed E-state index contributed by atoms with van der Waals surface area (Å²) in [5, 5.41) is 8.92. The van der Waals surface area contributed by atoms with E-state index in [-0.39, 0.29) is 48.4 Å². The minimum absolute atomic E-state index is 0. The van der Waals surface area contributed by atoms with Gasteiger partial charge in [0.25, 0.3) is 0 Å². The van der Waals surface area contributed by atoms with Crippen molar-refractivity contribution in [3.05, 3.63) is 146 Å². The van der Waals surface area contributed by atoms with Crippen molar-refractivity contribution in [1.29, 1.82) is 0 Å². The van der Waals surface area contributed by atoms with Crippen LogP contribution in [0.1, 0.15) is 1.43 Å². The standard InChI is InChI=1S/3C14H11FN4.Na.H/c3*1-16-14-13-12(17-8-18-14)6-5-11(19-13)9-3-2-4-10(15)7-9;;/h3*2-8H,1H3,(H,16,17,18);;/q;;;+1;-1. The molecule has 0 atom stereocenters. The summed E-state index contributed by atoms with van der Waals surface area (Å²) < 4.78 is 39.7. The Labute approximate surface area is 354 Å². The minimum atomic E-state index is -0.280. The molecule has 0 radical (unpaired) electrons. The van der Waals surface area contributed by atoms with Crippen molar-refractivity contribution in [1.82, 2.24) is 44.9 Å². The van der Waals surface area contributed by atoms with Crippen LogP contribution in [0, 0.1) is 17.5 Å². The van der Waals surface area contributed by atoms with Crippen LogP contribution in [-0.4, -0.2) is 66.0 Å². The number of pyridine rings is 3. The Hall–Kier alpha value is -6.68. The molecule has 0 fully saturated rings. The molecule has 9 aromatic rings. The minimum Gasteiger partial charge on any atom is -1.00 e. The summed E-state index contributed by atoms with van der Waals surface area (Å²) in [7, 11) is 5.33. The predicted molar refractivity (Wildman–Crippen MR) is 218 cm³/mol. The van der Waals surface area contributed by atoms with Crippen LogP contribution in [0.5, 0.6) is 0 Å². The molecule has 0 saturated heterocycles. The number of hydrogen-bond acceptors (Lipinski definition) is 12. The van der Waals surface area contributed by atoms with E-state index < -0.39 is 0 Å². The fraction of sp³-hybridized carbons (Fsp3) is 0.0714. The van der Waals surface area contributed by atoms with Crippen LogP contribution in [0.3, 0.4) is 0 Å². The van der Waals surface area contributed by atoms with Crippen LogP contribution < -0.4 is 45.5 Å². The fourth-order valence-electron chi connectivity index (χ4n) is 5.80. The van der Waals surface area contributed by atoms with Crippen LogP contribution in [0.4, 0.5) is 30.6 Å². The Morgan fingerprint density at radius 2 is 0.690 bits per heavy atom. The average Bonchev–Trinajstić information content (AvgIpc) is 3.25. The first kappa shape index (κ1) is 41.0. The van der Waals surface area contributed by atoms with Gasteiger partial charge in [0.05, 0.1) is 33.6 Å². The van der Waals surface area contributed by atoms with Crippen molar-refractivity contribution >= 4 is 50.6 Å². The van der Waals surface area contributed by atoms with Gasteiger partial charge in [0.2, 0.25) is 0 Å². The number of nitrogens with zero attached hydrogens (tertiary/aromatic N) is 9. The summed E-state index contributed by atoms with van der Waals surface area (Å²) >= 11 is 0. The fourth-order valence-corrected chi connectivity index (χ4v) is 5.80. The van der Waals surface area contributed by atoms with E-state index in [9.17, 15) is 13.2 Å². The van der Waals surface area contributed by atoms with Gasteiger partial charge in [-0.05, 0) is 72.8 Å². The molecule has 58 heavy (non-hydrogen) atoms. The molecule has 0 aliphatic rings. The molecule has 0 aliphatic carbocycles. The van der Waals surface area contributed by atoms with E-state index in [0.717, 1.165) is 33.2 Å². The number of nitrogens with one attached hydrogen (secondary N) is 3. The summed E-state index contributed by atoms with van der Waals surface area (Å²) in [6.07, 6.45) is 4.45. The average molecular weight is 787 g/mol. The van der Waals surface area contributed by atoms with Gasteiger partial charge in [-0.25, -0.2) is 58.0 Å². The summed E-state index contributed by atoms with van der Waals surface area (Å²) in [6.45, 7) is 0. The second kappa shape index (κ2) is 19.0. The molecule has 6 heterocycles. The zero-order chi connectivity index (χ0) is 39.7. The van der Waals surface area contributed by atoms with E-state index in [1.807, 2.05) is 54.6 Å². The van der Waals surface area contributed by atoms with E-state index in [1.54, 1.807) is 39.3 Å². The zero-order valence-electron chi connectivity index (χ0n) is 32.8. The molecule has 6 aromatic heterocycles. The number of halogens is 3. The van der Waals surface area contributed by atoms with E-state index in [1.165, 1.54) is 55.4 Å². The predicted octanol–water partition coefficient (Wildman–Crippen LogP) is 5.73. The third-order valence-corrected chi connectivity index (χ3v) is 8.52. The molecule has 0 unspecified atom stereocenters. The maximum absolute atomic E-state index is 13.2. The smallest absolute Gasteiger partial charge is 1.00 e. The topological polar surface area (TPSA) is 152 Å². The van der Waals surface area contributed by atoms with Crippen molar-refractivity contribution < 1.29 is 44.2 Å². The molecule has 12 nitrogen and oxygen atoms in total. The van der Waals surface area contributed by atoms with Gasteiger partial charge in [0, 0.05) is 37.8 Å². The first-order valence-electron chi connectivity index (χ1n) is 17.5. The molecular formula is C42H34F3N12Na. The Morgan fingerprint density at radius 1 is 0.397 bits per heavy atom. The summed E-state index contributed by atoms with van der Waals surface area (Å²) in [5.74, 6) is 1.13. The van der Waals surface area contributed by atoms with Crippen LogP contribution in [0.25, 0.3) is 66.9 Å². The van der Waals surface area contributed by atoms with Crippen molar-refractivity contribution in [3.8, 4) is 33.8 Å². The van der Waals surface area contributed by atoms with E-state index >= 15 is 0 Å². The molecule has 0 amide bonds. The largest absolute Gasteiger partial charge is 1.00 e. The SMILES string of the molecule is CNc1ncnc2ccc(-c3cccc(F)c3)nc12.CNc1ncnc2ccc(-c3cccc(F)c3)nc12.CNc1ncnc2ccc(-c3cccc(F)c3)nc12.[H-].[Na+]. The van der Waals surface area contributed by atoms with Gasteiger partial charge in [0.1, 0.15) is 53.0 Å². The zero-order valence-corrected chi connectivity index (χ0v) is 33.8. The first-order chi connectivity index (χ1) is 27.8. The number of benzene rings is 3. The van der Waals surface area contributed by atoms with Crippen LogP contribution >= 0.6 is 0 Å². The Kier molecular flexibility index (Phi) is 13.4. The van der Waals surface area contributed by atoms with Crippen LogP contribution in [-0.2, 0) is 0 Å². The van der Waals surface area contributed by atoms with Crippen molar-refractivity contribution in [2.45, 2.75) is 0 Å². The van der Waals surface area contributed by atoms with Crippen molar-refractivity contribution in [2.24, 2.45) is 0 Å². The quantitative estimate of drug-likeness (QED) is 0.177. The molecule has 284 valence electrons. The van der Waals surface area contributed by atoms with E-state index in [2.05, 4.69) is 60.8 Å². The third-order valence-electron chi connectivity index (χ3n) is 8.52. The number of hydrogen-bond donors (Lipinski definition) is 3. The van der Waals surface area contributed by atoms with Crippen molar-refractivity contribution in [3.63, 3.8) is 0 Å². The Morgan fingerprint density at radius 3 is 0.948 bits per heavy atom. The first-order valence-corrected chi connectivity index (χ1v) is 17.5. The number of rotatable bonds is 6.